The Labute approximate surface area is 129 Å². The van der Waals surface area contributed by atoms with Crippen molar-refractivity contribution >= 4 is 11.6 Å². The van der Waals surface area contributed by atoms with Gasteiger partial charge in [0, 0.05) is 5.56 Å². The zero-order valence-electron chi connectivity index (χ0n) is 11.6. The molecule has 3 aromatic rings. The van der Waals surface area contributed by atoms with E-state index in [2.05, 4.69) is 25.3 Å². The van der Waals surface area contributed by atoms with E-state index in [-0.39, 0.29) is 5.69 Å². The first-order valence-corrected chi connectivity index (χ1v) is 6.47. The Bertz CT molecular complexity index is 857. The van der Waals surface area contributed by atoms with Crippen LogP contribution in [0.25, 0.3) is 11.3 Å². The third-order valence-corrected chi connectivity index (χ3v) is 2.93. The number of halogens is 2. The highest BCUT2D eigenvalue weighted by Gasteiger charge is 2.11. The third kappa shape index (κ3) is 3.31. The van der Waals surface area contributed by atoms with E-state index in [0.29, 0.717) is 16.9 Å². The van der Waals surface area contributed by atoms with E-state index in [4.69, 9.17) is 0 Å². The van der Waals surface area contributed by atoms with Crippen LogP contribution in [0.5, 0.6) is 0 Å². The summed E-state index contributed by atoms with van der Waals surface area (Å²) in [6.45, 7) is 0. The third-order valence-electron chi connectivity index (χ3n) is 2.93. The number of amides is 1. The van der Waals surface area contributed by atoms with Crippen LogP contribution >= 0.6 is 0 Å². The number of nitrogens with zero attached hydrogens (tertiary/aromatic N) is 4. The molecule has 0 aliphatic heterocycles. The Morgan fingerprint density at radius 1 is 0.957 bits per heavy atom. The molecule has 0 fully saturated rings. The largest absolute Gasteiger partial charge is 0.318 e. The van der Waals surface area contributed by atoms with Crippen LogP contribution in [0.4, 0.5) is 14.5 Å². The number of anilines is 1. The molecule has 8 heteroatoms. The van der Waals surface area contributed by atoms with Gasteiger partial charge in [0.1, 0.15) is 18.3 Å². The lowest BCUT2D eigenvalue weighted by Crippen LogP contribution is -2.14. The van der Waals surface area contributed by atoms with Gasteiger partial charge in [-0.25, -0.2) is 28.7 Å². The number of carbonyl (C=O) groups is 1. The molecule has 0 aliphatic rings. The molecule has 23 heavy (non-hydrogen) atoms. The first kappa shape index (κ1) is 14.6. The zero-order valence-corrected chi connectivity index (χ0v) is 11.6. The summed E-state index contributed by atoms with van der Waals surface area (Å²) < 4.78 is 26.3. The van der Waals surface area contributed by atoms with E-state index in [9.17, 15) is 13.6 Å². The van der Waals surface area contributed by atoms with Gasteiger partial charge in [-0.05, 0) is 24.3 Å². The molecule has 3 rings (SSSR count). The second-order valence-corrected chi connectivity index (χ2v) is 4.50. The van der Waals surface area contributed by atoms with Crippen molar-refractivity contribution in [3.05, 3.63) is 66.6 Å². The van der Waals surface area contributed by atoms with Gasteiger partial charge in [-0.15, -0.1) is 0 Å². The normalized spacial score (nSPS) is 10.3. The van der Waals surface area contributed by atoms with Gasteiger partial charge < -0.3 is 5.32 Å². The van der Waals surface area contributed by atoms with Crippen molar-refractivity contribution in [2.24, 2.45) is 0 Å². The molecule has 0 atom stereocenters. The molecular formula is C15H9F2N5O. The van der Waals surface area contributed by atoms with Gasteiger partial charge in [0.05, 0.1) is 23.8 Å². The van der Waals surface area contributed by atoms with Gasteiger partial charge in [0.25, 0.3) is 5.91 Å². The monoisotopic (exact) mass is 313 g/mol. The van der Waals surface area contributed by atoms with Crippen LogP contribution in [0, 0.1) is 11.6 Å². The van der Waals surface area contributed by atoms with Crippen molar-refractivity contribution < 1.29 is 13.6 Å². The van der Waals surface area contributed by atoms with E-state index in [0.717, 1.165) is 12.1 Å². The number of hydrogen-bond donors (Lipinski definition) is 1. The Morgan fingerprint density at radius 3 is 2.48 bits per heavy atom. The summed E-state index contributed by atoms with van der Waals surface area (Å²) in [6.07, 6.45) is 5.37. The number of aromatic nitrogens is 4. The smallest absolute Gasteiger partial charge is 0.274 e. The lowest BCUT2D eigenvalue weighted by atomic mass is 10.1. The van der Waals surface area contributed by atoms with Crippen LogP contribution in [0.3, 0.4) is 0 Å². The Balaban J connectivity index is 1.87. The molecule has 114 valence electrons. The Morgan fingerprint density at radius 2 is 1.74 bits per heavy atom. The van der Waals surface area contributed by atoms with Gasteiger partial charge in [0.15, 0.2) is 11.6 Å². The fourth-order valence-electron chi connectivity index (χ4n) is 1.85. The standard InChI is InChI=1S/C15H9F2N5O/c16-11-2-1-9(3-12(11)17)13-4-14(21-8-20-13)15(23)22-10-5-18-7-19-6-10/h1-8H,(H,22,23). The summed E-state index contributed by atoms with van der Waals surface area (Å²) in [5.74, 6) is -2.44. The highest BCUT2D eigenvalue weighted by atomic mass is 19.2. The molecule has 0 aliphatic carbocycles. The lowest BCUT2D eigenvalue weighted by molar-refractivity contribution is 0.102. The van der Waals surface area contributed by atoms with Gasteiger partial charge in [-0.3, -0.25) is 4.79 Å². The molecule has 1 amide bonds. The second kappa shape index (κ2) is 6.22. The summed E-state index contributed by atoms with van der Waals surface area (Å²) in [4.78, 5) is 27.5. The molecule has 0 spiro atoms. The maximum atomic E-state index is 13.3. The SMILES string of the molecule is O=C(Nc1cncnc1)c1cc(-c2ccc(F)c(F)c2)ncn1. The van der Waals surface area contributed by atoms with Crippen LogP contribution < -0.4 is 5.32 Å². The summed E-state index contributed by atoms with van der Waals surface area (Å²) in [5.41, 5.74) is 1.12. The van der Waals surface area contributed by atoms with Gasteiger partial charge in [-0.1, -0.05) is 0 Å². The minimum Gasteiger partial charge on any atom is -0.318 e. The maximum Gasteiger partial charge on any atom is 0.274 e. The fourth-order valence-corrected chi connectivity index (χ4v) is 1.85. The van der Waals surface area contributed by atoms with E-state index in [1.165, 1.54) is 37.2 Å². The minimum atomic E-state index is -0.992. The van der Waals surface area contributed by atoms with Crippen molar-refractivity contribution in [3.63, 3.8) is 0 Å². The van der Waals surface area contributed by atoms with Crippen LogP contribution in [0.1, 0.15) is 10.5 Å². The van der Waals surface area contributed by atoms with Crippen LogP contribution in [-0.2, 0) is 0 Å². The van der Waals surface area contributed by atoms with Crippen molar-refractivity contribution in [3.8, 4) is 11.3 Å². The Hall–Kier alpha value is -3.29. The number of rotatable bonds is 3. The predicted octanol–water partition coefficient (Wildman–Crippen LogP) is 2.46. The average Bonchev–Trinajstić information content (AvgIpc) is 2.58. The number of nitrogens with one attached hydrogen (secondary N) is 1. The minimum absolute atomic E-state index is 0.0728. The van der Waals surface area contributed by atoms with E-state index < -0.39 is 17.5 Å². The van der Waals surface area contributed by atoms with Crippen molar-refractivity contribution in [2.75, 3.05) is 5.32 Å². The first-order chi connectivity index (χ1) is 11.1. The predicted molar refractivity (Wildman–Crippen MR) is 77.4 cm³/mol. The molecule has 0 saturated heterocycles. The van der Waals surface area contributed by atoms with Crippen LogP contribution in [0.15, 0.2) is 49.3 Å². The number of hydrogen-bond acceptors (Lipinski definition) is 5. The summed E-state index contributed by atoms with van der Waals surface area (Å²) >= 11 is 0. The lowest BCUT2D eigenvalue weighted by Gasteiger charge is -2.05. The molecule has 2 heterocycles. The quantitative estimate of drug-likeness (QED) is 0.803. The van der Waals surface area contributed by atoms with Crippen molar-refractivity contribution in [2.45, 2.75) is 0 Å². The number of carbonyl (C=O) groups excluding carboxylic acids is 1. The molecule has 0 radical (unpaired) electrons. The highest BCUT2D eigenvalue weighted by Crippen LogP contribution is 2.20. The maximum absolute atomic E-state index is 13.3. The summed E-state index contributed by atoms with van der Waals surface area (Å²) in [6, 6.07) is 4.75. The highest BCUT2D eigenvalue weighted by molar-refractivity contribution is 6.03. The molecule has 2 aromatic heterocycles. The molecule has 0 saturated carbocycles. The van der Waals surface area contributed by atoms with Crippen molar-refractivity contribution in [1.29, 1.82) is 0 Å². The van der Waals surface area contributed by atoms with E-state index >= 15 is 0 Å². The topological polar surface area (TPSA) is 80.7 Å². The fraction of sp³-hybridized carbons (Fsp3) is 0. The van der Waals surface area contributed by atoms with Gasteiger partial charge in [-0.2, -0.15) is 0 Å². The second-order valence-electron chi connectivity index (χ2n) is 4.50. The molecule has 1 aromatic carbocycles. The van der Waals surface area contributed by atoms with Crippen molar-refractivity contribution in [1.82, 2.24) is 19.9 Å². The molecule has 0 bridgehead atoms. The molecule has 1 N–H and O–H groups in total. The average molecular weight is 313 g/mol. The molecular weight excluding hydrogens is 304 g/mol. The molecule has 0 unspecified atom stereocenters. The van der Waals surface area contributed by atoms with Gasteiger partial charge in [0.2, 0.25) is 0 Å². The van der Waals surface area contributed by atoms with Crippen LogP contribution in [0.2, 0.25) is 0 Å². The molecule has 6 nitrogen and oxygen atoms in total. The van der Waals surface area contributed by atoms with E-state index in [1.807, 2.05) is 0 Å². The summed E-state index contributed by atoms with van der Waals surface area (Å²) in [5, 5.41) is 2.57. The van der Waals surface area contributed by atoms with Crippen LogP contribution in [-0.4, -0.2) is 25.8 Å². The first-order valence-electron chi connectivity index (χ1n) is 6.47. The summed E-state index contributed by atoms with van der Waals surface area (Å²) in [7, 11) is 0. The number of benzene rings is 1. The van der Waals surface area contributed by atoms with E-state index in [1.54, 1.807) is 0 Å². The Kier molecular flexibility index (Phi) is 3.96. The zero-order chi connectivity index (χ0) is 16.2. The van der Waals surface area contributed by atoms with Gasteiger partial charge >= 0.3 is 0 Å².